The van der Waals surface area contributed by atoms with Gasteiger partial charge in [0.15, 0.2) is 5.60 Å². The van der Waals surface area contributed by atoms with Gasteiger partial charge in [-0.1, -0.05) is 52.6 Å². The van der Waals surface area contributed by atoms with Crippen LogP contribution in [0.15, 0.2) is 41.6 Å². The number of β-amino-alcohol motifs (C(OH)–C–C–N with tert-alkyl or cyclic N) is 1. The summed E-state index contributed by atoms with van der Waals surface area (Å²) in [6, 6.07) is 9.41. The number of aliphatic hydroxyl groups is 1. The molecule has 0 bridgehead atoms. The molecule has 34 heavy (non-hydrogen) atoms. The van der Waals surface area contributed by atoms with Gasteiger partial charge in [0.2, 0.25) is 5.91 Å². The fourth-order valence-corrected chi connectivity index (χ4v) is 4.87. The molecule has 180 valence electrons. The van der Waals surface area contributed by atoms with Crippen LogP contribution >= 0.6 is 23.2 Å². The van der Waals surface area contributed by atoms with E-state index < -0.39 is 28.0 Å². The first-order valence-corrected chi connectivity index (χ1v) is 11.6. The minimum atomic E-state index is -4.66. The Kier molecular flexibility index (Phi) is 5.42. The van der Waals surface area contributed by atoms with Crippen LogP contribution in [0, 0.1) is 5.92 Å². The van der Waals surface area contributed by atoms with Gasteiger partial charge in [0, 0.05) is 17.9 Å². The number of carbonyl (C=O) groups is 1. The highest BCUT2D eigenvalue weighted by Crippen LogP contribution is 2.44. The zero-order chi connectivity index (χ0) is 24.5. The van der Waals surface area contributed by atoms with Gasteiger partial charge in [-0.2, -0.15) is 13.2 Å². The van der Waals surface area contributed by atoms with Crippen molar-refractivity contribution in [3.63, 3.8) is 0 Å². The van der Waals surface area contributed by atoms with E-state index in [1.807, 2.05) is 0 Å². The molecule has 10 heteroatoms. The number of alkyl halides is 3. The minimum Gasteiger partial charge on any atom is -0.384 e. The number of rotatable bonds is 4. The van der Waals surface area contributed by atoms with Gasteiger partial charge in [-0.15, -0.1) is 0 Å². The van der Waals surface area contributed by atoms with E-state index >= 15 is 0 Å². The average molecular weight is 513 g/mol. The third-order valence-electron chi connectivity index (χ3n) is 6.70. The third-order valence-corrected chi connectivity index (χ3v) is 7.51. The first-order valence-electron chi connectivity index (χ1n) is 10.8. The lowest BCUT2D eigenvalue weighted by Gasteiger charge is -2.47. The first-order chi connectivity index (χ1) is 15.9. The van der Waals surface area contributed by atoms with Crippen molar-refractivity contribution >= 4 is 34.8 Å². The number of halogens is 5. The minimum absolute atomic E-state index is 0.106. The standard InChI is InChI=1S/C24H21Cl2F3N2O3/c1-22(16-8-17(24(27,28)29)20(26)18(25)9-16)10-19(30-34-22)13-4-6-15(7-5-13)23(33)11-31(12-23)21(32)14-2-3-14/h4-9,14,33H,2-3,10-12H2,1H3. The van der Waals surface area contributed by atoms with Crippen LogP contribution in [0.25, 0.3) is 0 Å². The van der Waals surface area contributed by atoms with Crippen LogP contribution in [-0.2, 0) is 27.0 Å². The zero-order valence-electron chi connectivity index (χ0n) is 18.1. The Labute approximate surface area is 204 Å². The van der Waals surface area contributed by atoms with E-state index in [2.05, 4.69) is 5.16 Å². The van der Waals surface area contributed by atoms with Crippen molar-refractivity contribution in [2.45, 2.75) is 43.6 Å². The van der Waals surface area contributed by atoms with Crippen molar-refractivity contribution in [2.24, 2.45) is 11.1 Å². The van der Waals surface area contributed by atoms with Crippen molar-refractivity contribution in [3.8, 4) is 0 Å². The van der Waals surface area contributed by atoms with E-state index in [-0.39, 0.29) is 41.9 Å². The molecule has 1 atom stereocenters. The van der Waals surface area contributed by atoms with Crippen molar-refractivity contribution in [1.82, 2.24) is 4.90 Å². The van der Waals surface area contributed by atoms with E-state index in [1.54, 1.807) is 36.1 Å². The van der Waals surface area contributed by atoms with Gasteiger partial charge in [-0.05, 0) is 43.0 Å². The molecule has 1 amide bonds. The highest BCUT2D eigenvalue weighted by Gasteiger charge is 2.48. The second-order valence-corrected chi connectivity index (χ2v) is 10.2. The highest BCUT2D eigenvalue weighted by molar-refractivity contribution is 6.42. The topological polar surface area (TPSA) is 62.1 Å². The quantitative estimate of drug-likeness (QED) is 0.588. The summed E-state index contributed by atoms with van der Waals surface area (Å²) in [6.45, 7) is 2.17. The average Bonchev–Trinajstić information content (AvgIpc) is 3.53. The molecule has 1 unspecified atom stereocenters. The normalized spacial score (nSPS) is 23.9. The third kappa shape index (κ3) is 4.06. The number of hydrogen-bond donors (Lipinski definition) is 1. The predicted octanol–water partition coefficient (Wildman–Crippen LogP) is 5.49. The summed E-state index contributed by atoms with van der Waals surface area (Å²) < 4.78 is 40.2. The summed E-state index contributed by atoms with van der Waals surface area (Å²) in [4.78, 5) is 19.4. The van der Waals surface area contributed by atoms with Gasteiger partial charge < -0.3 is 14.8 Å². The lowest BCUT2D eigenvalue weighted by Crippen LogP contribution is -2.61. The fourth-order valence-electron chi connectivity index (χ4n) is 4.44. The molecular formula is C24H21Cl2F3N2O3. The monoisotopic (exact) mass is 512 g/mol. The molecule has 0 spiro atoms. The first kappa shape index (κ1) is 23.5. The van der Waals surface area contributed by atoms with E-state index in [9.17, 15) is 23.1 Å². The summed E-state index contributed by atoms with van der Waals surface area (Å²) in [5, 5.41) is 14.2. The van der Waals surface area contributed by atoms with Gasteiger partial charge in [0.05, 0.1) is 34.4 Å². The van der Waals surface area contributed by atoms with Gasteiger partial charge in [-0.3, -0.25) is 4.79 Å². The summed E-state index contributed by atoms with van der Waals surface area (Å²) in [5.74, 6) is 0.221. The molecule has 2 aliphatic heterocycles. The van der Waals surface area contributed by atoms with Crippen molar-refractivity contribution in [1.29, 1.82) is 0 Å². The molecule has 1 N–H and O–H groups in total. The molecule has 1 saturated carbocycles. The highest BCUT2D eigenvalue weighted by atomic mass is 35.5. The molecule has 1 aliphatic carbocycles. The second-order valence-electron chi connectivity index (χ2n) is 9.43. The Bertz CT molecular complexity index is 1190. The molecule has 2 heterocycles. The van der Waals surface area contributed by atoms with Gasteiger partial charge >= 0.3 is 6.18 Å². The molecule has 0 aromatic heterocycles. The maximum atomic E-state index is 13.4. The van der Waals surface area contributed by atoms with Crippen LogP contribution in [0.1, 0.15) is 48.4 Å². The van der Waals surface area contributed by atoms with Crippen molar-refractivity contribution < 1.29 is 27.9 Å². The SMILES string of the molecule is CC1(c2cc(Cl)c(Cl)c(C(F)(F)F)c2)CC(c2ccc(C3(O)CN(C(=O)C4CC4)C3)cc2)=NO1. The molecule has 2 aromatic carbocycles. The smallest absolute Gasteiger partial charge is 0.384 e. The summed E-state index contributed by atoms with van der Waals surface area (Å²) >= 11 is 11.8. The Morgan fingerprint density at radius 2 is 1.79 bits per heavy atom. The lowest BCUT2D eigenvalue weighted by molar-refractivity contribution is -0.158. The van der Waals surface area contributed by atoms with E-state index in [4.69, 9.17) is 28.0 Å². The molecule has 0 radical (unpaired) electrons. The number of oxime groups is 1. The van der Waals surface area contributed by atoms with E-state index in [1.165, 1.54) is 6.07 Å². The van der Waals surface area contributed by atoms with Crippen LogP contribution in [0.3, 0.4) is 0 Å². The number of amides is 1. The molecule has 2 aromatic rings. The van der Waals surface area contributed by atoms with Crippen molar-refractivity contribution in [2.75, 3.05) is 13.1 Å². The summed E-state index contributed by atoms with van der Waals surface area (Å²) in [6.07, 6.45) is -2.60. The fraction of sp³-hybridized carbons (Fsp3) is 0.417. The molecular weight excluding hydrogens is 492 g/mol. The predicted molar refractivity (Wildman–Crippen MR) is 121 cm³/mol. The Morgan fingerprint density at radius 1 is 1.15 bits per heavy atom. The molecule has 3 aliphatic rings. The maximum Gasteiger partial charge on any atom is 0.417 e. The van der Waals surface area contributed by atoms with E-state index in [0.29, 0.717) is 11.3 Å². The van der Waals surface area contributed by atoms with Crippen molar-refractivity contribution in [3.05, 3.63) is 68.7 Å². The number of likely N-dealkylation sites (tertiary alicyclic amines) is 1. The van der Waals surface area contributed by atoms with Crippen LogP contribution in [0.4, 0.5) is 13.2 Å². The maximum absolute atomic E-state index is 13.4. The molecule has 1 saturated heterocycles. The largest absolute Gasteiger partial charge is 0.417 e. The number of hydrogen-bond acceptors (Lipinski definition) is 4. The van der Waals surface area contributed by atoms with Gasteiger partial charge in [0.1, 0.15) is 5.60 Å². The zero-order valence-corrected chi connectivity index (χ0v) is 19.6. The number of benzene rings is 2. The van der Waals surface area contributed by atoms with Crippen LogP contribution in [0.2, 0.25) is 10.0 Å². The Hall–Kier alpha value is -2.29. The van der Waals surface area contributed by atoms with Crippen LogP contribution in [-0.4, -0.2) is 34.7 Å². The van der Waals surface area contributed by atoms with Gasteiger partial charge in [0.25, 0.3) is 0 Å². The van der Waals surface area contributed by atoms with Crippen LogP contribution < -0.4 is 0 Å². The Balaban J connectivity index is 1.31. The lowest BCUT2D eigenvalue weighted by atomic mass is 9.84. The van der Waals surface area contributed by atoms with E-state index in [0.717, 1.165) is 24.5 Å². The number of carbonyl (C=O) groups excluding carboxylic acids is 1. The summed E-state index contributed by atoms with van der Waals surface area (Å²) in [5.41, 5.74) is -1.08. The molecule has 5 nitrogen and oxygen atoms in total. The van der Waals surface area contributed by atoms with Crippen LogP contribution in [0.5, 0.6) is 0 Å². The number of nitrogens with zero attached hydrogens (tertiary/aromatic N) is 2. The van der Waals surface area contributed by atoms with Gasteiger partial charge in [-0.25, -0.2) is 0 Å². The Morgan fingerprint density at radius 3 is 2.38 bits per heavy atom. The molecule has 2 fully saturated rings. The molecule has 5 rings (SSSR count). The summed E-state index contributed by atoms with van der Waals surface area (Å²) in [7, 11) is 0. The second kappa shape index (κ2) is 7.86.